The van der Waals surface area contributed by atoms with Crippen molar-refractivity contribution in [3.63, 3.8) is 0 Å². The lowest BCUT2D eigenvalue weighted by Crippen LogP contribution is -2.42. The van der Waals surface area contributed by atoms with Crippen LogP contribution in [0.4, 0.5) is 9.93 Å². The van der Waals surface area contributed by atoms with Crippen molar-refractivity contribution in [2.75, 3.05) is 11.9 Å². The Morgan fingerprint density at radius 1 is 1.06 bits per heavy atom. The molecule has 3 aromatic rings. The minimum Gasteiger partial charge on any atom is -0.480 e. The van der Waals surface area contributed by atoms with Gasteiger partial charge in [-0.3, -0.25) is 10.1 Å². The van der Waals surface area contributed by atoms with Crippen molar-refractivity contribution in [1.82, 2.24) is 10.3 Å². The number of carbonyl (C=O) groups is 3. The van der Waals surface area contributed by atoms with Crippen LogP contribution in [0.25, 0.3) is 11.1 Å². The quantitative estimate of drug-likeness (QED) is 0.399. The second-order valence-electron chi connectivity index (χ2n) is 8.86. The number of anilines is 1. The fourth-order valence-corrected chi connectivity index (χ4v) is 4.97. The predicted octanol–water partition coefficient (Wildman–Crippen LogP) is 4.66. The first kappa shape index (κ1) is 24.4. The first-order valence-electron chi connectivity index (χ1n) is 11.4. The zero-order chi connectivity index (χ0) is 24.9. The van der Waals surface area contributed by atoms with E-state index in [-0.39, 0.29) is 24.9 Å². The van der Waals surface area contributed by atoms with Gasteiger partial charge in [0, 0.05) is 11.3 Å². The molecule has 1 heterocycles. The molecule has 1 aliphatic carbocycles. The fraction of sp³-hybridized carbons (Fsp3) is 0.308. The minimum atomic E-state index is -1.07. The summed E-state index contributed by atoms with van der Waals surface area (Å²) in [7, 11) is 0. The van der Waals surface area contributed by atoms with Crippen molar-refractivity contribution in [2.24, 2.45) is 5.92 Å². The number of aromatic nitrogens is 1. The molecule has 0 radical (unpaired) electrons. The molecule has 3 N–H and O–H groups in total. The van der Waals surface area contributed by atoms with Crippen LogP contribution in [-0.2, 0) is 20.7 Å². The van der Waals surface area contributed by atoms with Crippen molar-refractivity contribution in [1.29, 1.82) is 0 Å². The summed E-state index contributed by atoms with van der Waals surface area (Å²) < 4.78 is 5.52. The number of amides is 2. The summed E-state index contributed by atoms with van der Waals surface area (Å²) in [6.07, 6.45) is -0.364. The summed E-state index contributed by atoms with van der Waals surface area (Å²) in [5, 5.41) is 16.4. The maximum atomic E-state index is 12.4. The van der Waals surface area contributed by atoms with Crippen LogP contribution in [0, 0.1) is 5.92 Å². The van der Waals surface area contributed by atoms with Gasteiger partial charge in [0.2, 0.25) is 5.91 Å². The number of hydrogen-bond donors (Lipinski definition) is 3. The molecule has 2 aromatic carbocycles. The summed E-state index contributed by atoms with van der Waals surface area (Å²) in [5.74, 6) is -1.42. The van der Waals surface area contributed by atoms with Crippen LogP contribution in [0.15, 0.2) is 53.9 Å². The number of fused-ring (bicyclic) bond motifs is 3. The Labute approximate surface area is 207 Å². The van der Waals surface area contributed by atoms with E-state index in [1.807, 2.05) is 38.1 Å². The van der Waals surface area contributed by atoms with E-state index in [2.05, 4.69) is 39.9 Å². The summed E-state index contributed by atoms with van der Waals surface area (Å²) in [4.78, 5) is 40.3. The SMILES string of the molecule is CC(C)C[C@H](NC(=O)Cc1csc(NC(=O)OCC2c3ccccc3-c3ccccc32)n1)C(=O)O. The number of ether oxygens (including phenoxy) is 1. The Hall–Kier alpha value is -3.72. The zero-order valence-corrected chi connectivity index (χ0v) is 20.3. The van der Waals surface area contributed by atoms with Crippen LogP contribution in [-0.4, -0.2) is 40.7 Å². The van der Waals surface area contributed by atoms with Crippen LogP contribution in [0.2, 0.25) is 0 Å². The monoisotopic (exact) mass is 493 g/mol. The maximum Gasteiger partial charge on any atom is 0.413 e. The van der Waals surface area contributed by atoms with E-state index in [0.29, 0.717) is 17.2 Å². The number of carboxylic acids is 1. The second-order valence-corrected chi connectivity index (χ2v) is 9.72. The number of rotatable bonds is 9. The van der Waals surface area contributed by atoms with Gasteiger partial charge in [-0.1, -0.05) is 62.4 Å². The number of carboxylic acid groups (broad SMARTS) is 1. The average Bonchev–Trinajstić information content (AvgIpc) is 3.38. The number of carbonyl (C=O) groups excluding carboxylic acids is 2. The number of aliphatic carboxylic acids is 1. The number of benzene rings is 2. The Morgan fingerprint density at radius 2 is 1.69 bits per heavy atom. The fourth-order valence-electron chi connectivity index (χ4n) is 4.27. The van der Waals surface area contributed by atoms with E-state index in [9.17, 15) is 19.5 Å². The summed E-state index contributed by atoms with van der Waals surface area (Å²) >= 11 is 1.17. The van der Waals surface area contributed by atoms with Gasteiger partial charge in [0.15, 0.2) is 5.13 Å². The van der Waals surface area contributed by atoms with Crippen LogP contribution >= 0.6 is 11.3 Å². The number of nitrogens with one attached hydrogen (secondary N) is 2. The Morgan fingerprint density at radius 3 is 2.29 bits per heavy atom. The third-order valence-electron chi connectivity index (χ3n) is 5.79. The van der Waals surface area contributed by atoms with Gasteiger partial charge in [-0.25, -0.2) is 14.6 Å². The lowest BCUT2D eigenvalue weighted by atomic mass is 9.98. The van der Waals surface area contributed by atoms with Crippen molar-refractivity contribution in [3.05, 3.63) is 70.7 Å². The molecule has 8 nitrogen and oxygen atoms in total. The molecule has 35 heavy (non-hydrogen) atoms. The molecular formula is C26H27N3O5S. The molecular weight excluding hydrogens is 466 g/mol. The molecule has 4 rings (SSSR count). The summed E-state index contributed by atoms with van der Waals surface area (Å²) in [6.45, 7) is 3.97. The van der Waals surface area contributed by atoms with Gasteiger partial charge in [0.1, 0.15) is 12.6 Å². The standard InChI is InChI=1S/C26H27N3O5S/c1-15(2)11-22(24(31)32)28-23(30)12-16-14-35-25(27-16)29-26(33)34-13-21-19-9-5-3-7-17(19)18-8-4-6-10-20(18)21/h3-10,14-15,21-22H,11-13H2,1-2H3,(H,28,30)(H,31,32)(H,27,29,33)/t22-/m0/s1. The first-order valence-corrected chi connectivity index (χ1v) is 12.3. The van der Waals surface area contributed by atoms with E-state index >= 15 is 0 Å². The third kappa shape index (κ3) is 5.86. The number of nitrogens with zero attached hydrogens (tertiary/aromatic N) is 1. The van der Waals surface area contributed by atoms with Crippen molar-refractivity contribution in [3.8, 4) is 11.1 Å². The molecule has 9 heteroatoms. The summed E-state index contributed by atoms with van der Waals surface area (Å²) in [5.41, 5.74) is 4.99. The highest BCUT2D eigenvalue weighted by atomic mass is 32.1. The van der Waals surface area contributed by atoms with Crippen molar-refractivity contribution < 1.29 is 24.2 Å². The highest BCUT2D eigenvalue weighted by molar-refractivity contribution is 7.13. The van der Waals surface area contributed by atoms with Crippen molar-refractivity contribution in [2.45, 2.75) is 38.6 Å². The smallest absolute Gasteiger partial charge is 0.413 e. The van der Waals surface area contributed by atoms with Gasteiger partial charge in [-0.15, -0.1) is 11.3 Å². The number of thiazole rings is 1. The Balaban J connectivity index is 1.31. The molecule has 182 valence electrons. The molecule has 1 atom stereocenters. The van der Waals surface area contributed by atoms with Crippen LogP contribution in [0.1, 0.15) is 43.0 Å². The van der Waals surface area contributed by atoms with Crippen molar-refractivity contribution >= 4 is 34.4 Å². The third-order valence-corrected chi connectivity index (χ3v) is 6.59. The molecule has 0 bridgehead atoms. The maximum absolute atomic E-state index is 12.4. The largest absolute Gasteiger partial charge is 0.480 e. The van der Waals surface area contributed by atoms with E-state index < -0.39 is 24.0 Å². The normalized spacial score (nSPS) is 13.1. The second kappa shape index (κ2) is 10.7. The molecule has 1 aromatic heterocycles. The van der Waals surface area contributed by atoms with E-state index in [0.717, 1.165) is 22.3 Å². The summed E-state index contributed by atoms with van der Waals surface area (Å²) in [6, 6.07) is 15.3. The van der Waals surface area contributed by atoms with Gasteiger partial charge in [-0.2, -0.15) is 0 Å². The molecule has 0 aliphatic heterocycles. The topological polar surface area (TPSA) is 118 Å². The molecule has 0 fully saturated rings. The molecule has 0 saturated carbocycles. The van der Waals surface area contributed by atoms with E-state index in [4.69, 9.17) is 4.74 Å². The van der Waals surface area contributed by atoms with E-state index in [1.54, 1.807) is 5.38 Å². The highest BCUT2D eigenvalue weighted by Gasteiger charge is 2.29. The van der Waals surface area contributed by atoms with E-state index in [1.165, 1.54) is 11.3 Å². The van der Waals surface area contributed by atoms with Gasteiger partial charge in [0.25, 0.3) is 0 Å². The van der Waals surface area contributed by atoms with Gasteiger partial charge in [0.05, 0.1) is 12.1 Å². The molecule has 0 spiro atoms. The highest BCUT2D eigenvalue weighted by Crippen LogP contribution is 2.44. The minimum absolute atomic E-state index is 0.0447. The first-order chi connectivity index (χ1) is 16.8. The average molecular weight is 494 g/mol. The molecule has 0 unspecified atom stereocenters. The van der Waals surface area contributed by atoms with Crippen LogP contribution in [0.3, 0.4) is 0 Å². The molecule has 2 amide bonds. The number of hydrogen-bond acceptors (Lipinski definition) is 6. The predicted molar refractivity (Wildman–Crippen MR) is 134 cm³/mol. The lowest BCUT2D eigenvalue weighted by molar-refractivity contribution is -0.142. The molecule has 1 aliphatic rings. The molecule has 0 saturated heterocycles. The van der Waals surface area contributed by atoms with Crippen LogP contribution < -0.4 is 10.6 Å². The Bertz CT molecular complexity index is 1190. The van der Waals surface area contributed by atoms with Gasteiger partial charge in [-0.05, 0) is 34.6 Å². The van der Waals surface area contributed by atoms with Gasteiger partial charge < -0.3 is 15.2 Å². The Kier molecular flexibility index (Phi) is 7.45. The van der Waals surface area contributed by atoms with Crippen LogP contribution in [0.5, 0.6) is 0 Å². The lowest BCUT2D eigenvalue weighted by Gasteiger charge is -2.16. The zero-order valence-electron chi connectivity index (χ0n) is 19.5. The van der Waals surface area contributed by atoms with Gasteiger partial charge >= 0.3 is 12.1 Å².